The summed E-state index contributed by atoms with van der Waals surface area (Å²) in [5.41, 5.74) is 0. The van der Waals surface area contributed by atoms with E-state index in [9.17, 15) is 9.59 Å². The molecule has 0 aliphatic carbocycles. The van der Waals surface area contributed by atoms with Gasteiger partial charge in [0.1, 0.15) is 6.61 Å². The molecule has 0 heterocycles. The van der Waals surface area contributed by atoms with Gasteiger partial charge in [-0.1, -0.05) is 205 Å². The number of ether oxygens (including phenoxy) is 3. The molecule has 0 amide bonds. The number of hydrogen-bond acceptors (Lipinski definition) is 5. The summed E-state index contributed by atoms with van der Waals surface area (Å²) in [7, 11) is 0. The molecule has 0 aliphatic rings. The van der Waals surface area contributed by atoms with Gasteiger partial charge in [0.25, 0.3) is 0 Å². The summed E-state index contributed by atoms with van der Waals surface area (Å²) in [4.78, 5) is 25.4. The van der Waals surface area contributed by atoms with Gasteiger partial charge in [0, 0.05) is 19.4 Å². The molecule has 0 aromatic rings. The molecule has 0 fully saturated rings. The quantitative estimate of drug-likeness (QED) is 0.0347. The second kappa shape index (κ2) is 51.5. The molecular weight excluding hydrogens is 741 g/mol. The fraction of sp³-hybridized carbons (Fsp3) is 0.855. The van der Waals surface area contributed by atoms with Gasteiger partial charge >= 0.3 is 11.9 Å². The predicted octanol–water partition coefficient (Wildman–Crippen LogP) is 17.8. The monoisotopic (exact) mass is 843 g/mol. The number of unbranched alkanes of at least 4 members (excludes halogenated alkanes) is 32. The number of esters is 2. The Morgan fingerprint density at radius 2 is 0.650 bits per heavy atom. The van der Waals surface area contributed by atoms with Crippen LogP contribution in [-0.2, 0) is 23.8 Å². The standard InChI is InChI=1S/C55H102O5/c1-4-7-10-13-16-19-22-25-27-28-29-31-33-36-39-42-45-48-54(56)59-52-53(51-58-50-47-44-41-38-35-32-26-23-20-17-14-11-8-5-2)60-55(57)49-46-43-40-37-34-30-24-21-18-15-12-9-6-3/h20-21,23-25,27,53H,4-19,22,26,28-52H2,1-3H3/b23-20-,24-21-,27-25-. The van der Waals surface area contributed by atoms with E-state index >= 15 is 0 Å². The van der Waals surface area contributed by atoms with Gasteiger partial charge in [0.05, 0.1) is 6.61 Å². The highest BCUT2D eigenvalue weighted by molar-refractivity contribution is 5.70. The summed E-state index contributed by atoms with van der Waals surface area (Å²) < 4.78 is 17.4. The zero-order valence-corrected chi connectivity index (χ0v) is 40.5. The minimum Gasteiger partial charge on any atom is -0.462 e. The number of carbonyl (C=O) groups excluding carboxylic acids is 2. The average Bonchev–Trinajstić information content (AvgIpc) is 3.25. The van der Waals surface area contributed by atoms with Gasteiger partial charge in [0.2, 0.25) is 0 Å². The molecule has 0 aromatic carbocycles. The summed E-state index contributed by atoms with van der Waals surface area (Å²) in [5.74, 6) is -0.404. The molecule has 1 atom stereocenters. The van der Waals surface area contributed by atoms with E-state index < -0.39 is 6.10 Å². The minimum absolute atomic E-state index is 0.0806. The lowest BCUT2D eigenvalue weighted by atomic mass is 10.1. The molecular formula is C55H102O5. The largest absolute Gasteiger partial charge is 0.462 e. The van der Waals surface area contributed by atoms with Gasteiger partial charge in [0.15, 0.2) is 6.10 Å². The van der Waals surface area contributed by atoms with Gasteiger partial charge < -0.3 is 14.2 Å². The maximum Gasteiger partial charge on any atom is 0.306 e. The van der Waals surface area contributed by atoms with Crippen LogP contribution in [0.2, 0.25) is 0 Å². The molecule has 0 saturated heterocycles. The average molecular weight is 843 g/mol. The van der Waals surface area contributed by atoms with Crippen molar-refractivity contribution in [1.29, 1.82) is 0 Å². The molecule has 5 heteroatoms. The van der Waals surface area contributed by atoms with Crippen LogP contribution in [0.1, 0.15) is 278 Å². The van der Waals surface area contributed by atoms with Crippen LogP contribution in [0.5, 0.6) is 0 Å². The van der Waals surface area contributed by atoms with E-state index in [1.807, 2.05) is 0 Å². The van der Waals surface area contributed by atoms with Gasteiger partial charge in [-0.05, 0) is 96.3 Å². The van der Waals surface area contributed by atoms with Crippen molar-refractivity contribution in [3.63, 3.8) is 0 Å². The van der Waals surface area contributed by atoms with Crippen LogP contribution in [0.15, 0.2) is 36.5 Å². The maximum atomic E-state index is 12.8. The minimum atomic E-state index is -0.541. The van der Waals surface area contributed by atoms with E-state index in [0.29, 0.717) is 19.4 Å². The van der Waals surface area contributed by atoms with E-state index in [1.165, 1.54) is 193 Å². The Balaban J connectivity index is 4.25. The molecule has 1 unspecified atom stereocenters. The Morgan fingerprint density at radius 1 is 0.350 bits per heavy atom. The van der Waals surface area contributed by atoms with Crippen LogP contribution in [0.3, 0.4) is 0 Å². The molecule has 0 bridgehead atoms. The van der Waals surface area contributed by atoms with Crippen molar-refractivity contribution >= 4 is 11.9 Å². The first-order chi connectivity index (χ1) is 29.6. The molecule has 0 N–H and O–H groups in total. The molecule has 0 aromatic heterocycles. The number of carbonyl (C=O) groups is 2. The summed E-state index contributed by atoms with van der Waals surface area (Å²) in [5, 5.41) is 0. The SMILES string of the molecule is CCCCCC/C=C\CCCCCCCCOCC(COC(=O)CCCCCCCCC/C=C\CCCCCCCC)OC(=O)CCCCCCC/C=C\CCCCCC. The van der Waals surface area contributed by atoms with E-state index in [-0.39, 0.29) is 25.2 Å². The van der Waals surface area contributed by atoms with Crippen molar-refractivity contribution in [3.8, 4) is 0 Å². The third-order valence-electron chi connectivity index (χ3n) is 11.6. The van der Waals surface area contributed by atoms with E-state index in [0.717, 1.165) is 51.4 Å². The number of allylic oxidation sites excluding steroid dienone is 6. The Labute approximate surface area is 374 Å². The van der Waals surface area contributed by atoms with Crippen LogP contribution in [-0.4, -0.2) is 37.9 Å². The fourth-order valence-electron chi connectivity index (χ4n) is 7.61. The highest BCUT2D eigenvalue weighted by Gasteiger charge is 2.17. The normalized spacial score (nSPS) is 12.4. The van der Waals surface area contributed by atoms with Crippen molar-refractivity contribution < 1.29 is 23.8 Å². The first-order valence-corrected chi connectivity index (χ1v) is 26.5. The zero-order valence-electron chi connectivity index (χ0n) is 40.5. The molecule has 0 spiro atoms. The lowest BCUT2D eigenvalue weighted by molar-refractivity contribution is -0.163. The molecule has 0 radical (unpaired) electrons. The Kier molecular flexibility index (Phi) is 49.9. The van der Waals surface area contributed by atoms with Gasteiger partial charge in [-0.2, -0.15) is 0 Å². The maximum absolute atomic E-state index is 12.8. The Bertz CT molecular complexity index is 955. The number of hydrogen-bond donors (Lipinski definition) is 0. The first kappa shape index (κ1) is 58.1. The van der Waals surface area contributed by atoms with E-state index in [4.69, 9.17) is 14.2 Å². The van der Waals surface area contributed by atoms with Crippen molar-refractivity contribution in [1.82, 2.24) is 0 Å². The van der Waals surface area contributed by atoms with Gasteiger partial charge in [-0.3, -0.25) is 9.59 Å². The molecule has 0 saturated carbocycles. The summed E-state index contributed by atoms with van der Waals surface area (Å²) in [6.07, 6.45) is 61.5. The summed E-state index contributed by atoms with van der Waals surface area (Å²) in [6, 6.07) is 0. The van der Waals surface area contributed by atoms with Crippen molar-refractivity contribution in [2.45, 2.75) is 284 Å². The summed E-state index contributed by atoms with van der Waals surface area (Å²) in [6.45, 7) is 7.81. The fourth-order valence-corrected chi connectivity index (χ4v) is 7.61. The predicted molar refractivity (Wildman–Crippen MR) is 261 cm³/mol. The molecule has 352 valence electrons. The van der Waals surface area contributed by atoms with Crippen LogP contribution < -0.4 is 0 Å². The van der Waals surface area contributed by atoms with Gasteiger partial charge in [-0.25, -0.2) is 0 Å². The second-order valence-corrected chi connectivity index (χ2v) is 17.8. The van der Waals surface area contributed by atoms with E-state index in [2.05, 4.69) is 57.2 Å². The third-order valence-corrected chi connectivity index (χ3v) is 11.6. The third kappa shape index (κ3) is 48.8. The topological polar surface area (TPSA) is 61.8 Å². The lowest BCUT2D eigenvalue weighted by Gasteiger charge is -2.18. The number of rotatable bonds is 49. The Hall–Kier alpha value is -1.88. The molecule has 0 aliphatic heterocycles. The lowest BCUT2D eigenvalue weighted by Crippen LogP contribution is -2.30. The molecule has 0 rings (SSSR count). The zero-order chi connectivity index (χ0) is 43.5. The van der Waals surface area contributed by atoms with Crippen molar-refractivity contribution in [2.24, 2.45) is 0 Å². The van der Waals surface area contributed by atoms with Gasteiger partial charge in [-0.15, -0.1) is 0 Å². The molecule has 60 heavy (non-hydrogen) atoms. The molecule has 5 nitrogen and oxygen atoms in total. The highest BCUT2D eigenvalue weighted by atomic mass is 16.6. The summed E-state index contributed by atoms with van der Waals surface area (Å²) >= 11 is 0. The van der Waals surface area contributed by atoms with Crippen LogP contribution in [0, 0.1) is 0 Å². The first-order valence-electron chi connectivity index (χ1n) is 26.5. The smallest absolute Gasteiger partial charge is 0.306 e. The van der Waals surface area contributed by atoms with Crippen LogP contribution >= 0.6 is 0 Å². The van der Waals surface area contributed by atoms with Crippen molar-refractivity contribution in [3.05, 3.63) is 36.5 Å². The Morgan fingerprint density at radius 3 is 1.03 bits per heavy atom. The second-order valence-electron chi connectivity index (χ2n) is 17.8. The van der Waals surface area contributed by atoms with Crippen molar-refractivity contribution in [2.75, 3.05) is 19.8 Å². The van der Waals surface area contributed by atoms with Crippen LogP contribution in [0.4, 0.5) is 0 Å². The highest BCUT2D eigenvalue weighted by Crippen LogP contribution is 2.14. The van der Waals surface area contributed by atoms with Crippen LogP contribution in [0.25, 0.3) is 0 Å². The van der Waals surface area contributed by atoms with E-state index in [1.54, 1.807) is 0 Å².